The number of rotatable bonds is 8. The van der Waals surface area contributed by atoms with Gasteiger partial charge in [0.25, 0.3) is 0 Å². The third kappa shape index (κ3) is 4.74. The van der Waals surface area contributed by atoms with Gasteiger partial charge < -0.3 is 19.4 Å². The molecule has 1 aliphatic heterocycles. The van der Waals surface area contributed by atoms with Crippen molar-refractivity contribution in [1.29, 1.82) is 0 Å². The van der Waals surface area contributed by atoms with Crippen LogP contribution in [0.15, 0.2) is 60.8 Å². The second-order valence-corrected chi connectivity index (χ2v) is 9.71. The first-order valence-corrected chi connectivity index (χ1v) is 12.2. The highest BCUT2D eigenvalue weighted by atomic mass is 16.7. The number of nitrogens with one attached hydrogen (secondary N) is 1. The summed E-state index contributed by atoms with van der Waals surface area (Å²) in [5.74, 6) is 0.486. The number of carbonyl (C=O) groups is 2. The Balaban J connectivity index is 1.61. The van der Waals surface area contributed by atoms with Crippen LogP contribution in [-0.2, 0) is 23.2 Å². The molecule has 0 spiro atoms. The van der Waals surface area contributed by atoms with Gasteiger partial charge in [-0.05, 0) is 56.7 Å². The summed E-state index contributed by atoms with van der Waals surface area (Å²) in [7, 11) is 1.85. The number of amides is 2. The third-order valence-corrected chi connectivity index (χ3v) is 6.72. The van der Waals surface area contributed by atoms with Crippen LogP contribution in [0.2, 0.25) is 0 Å². The fraction of sp³-hybridized carbons (Fsp3) is 0.333. The van der Waals surface area contributed by atoms with Crippen molar-refractivity contribution in [2.75, 3.05) is 11.7 Å². The topological polar surface area (TPSA) is 104 Å². The largest absolute Gasteiger partial charge is 0.454 e. The molecule has 2 amide bonds. The number of para-hydroxylation sites is 1. The van der Waals surface area contributed by atoms with Crippen molar-refractivity contribution in [3.8, 4) is 11.5 Å². The average molecular weight is 503 g/mol. The van der Waals surface area contributed by atoms with Gasteiger partial charge in [-0.15, -0.1) is 5.10 Å². The Morgan fingerprint density at radius 1 is 1.11 bits per heavy atom. The predicted molar refractivity (Wildman–Crippen MR) is 138 cm³/mol. The molecule has 37 heavy (non-hydrogen) atoms. The molecule has 2 aromatic heterocycles. The summed E-state index contributed by atoms with van der Waals surface area (Å²) < 4.78 is 14.5. The van der Waals surface area contributed by atoms with Crippen molar-refractivity contribution in [2.24, 2.45) is 7.05 Å². The van der Waals surface area contributed by atoms with Gasteiger partial charge in [-0.3, -0.25) is 14.5 Å². The molecule has 1 aliphatic rings. The molecule has 0 radical (unpaired) electrons. The second-order valence-electron chi connectivity index (χ2n) is 9.71. The van der Waals surface area contributed by atoms with Gasteiger partial charge in [-0.25, -0.2) is 4.68 Å². The second kappa shape index (κ2) is 9.61. The number of benzene rings is 2. The Hall–Kier alpha value is -4.34. The first-order valence-electron chi connectivity index (χ1n) is 12.2. The van der Waals surface area contributed by atoms with Crippen LogP contribution in [0.4, 0.5) is 5.69 Å². The van der Waals surface area contributed by atoms with Gasteiger partial charge in [0.2, 0.25) is 18.6 Å². The van der Waals surface area contributed by atoms with Crippen LogP contribution in [0.3, 0.4) is 0 Å². The number of anilines is 1. The first-order chi connectivity index (χ1) is 17.8. The van der Waals surface area contributed by atoms with Gasteiger partial charge in [0.05, 0.1) is 11.2 Å². The summed E-state index contributed by atoms with van der Waals surface area (Å²) in [5.41, 5.74) is 2.12. The average Bonchev–Trinajstić information content (AvgIpc) is 3.62. The molecule has 0 saturated heterocycles. The molecule has 5 rings (SSSR count). The summed E-state index contributed by atoms with van der Waals surface area (Å²) in [5, 5.41) is 11.5. The molecule has 4 aromatic rings. The number of nitrogens with zero attached hydrogens (tertiary/aromatic N) is 5. The van der Waals surface area contributed by atoms with Gasteiger partial charge in [0.15, 0.2) is 17.5 Å². The number of hydrogen-bond acceptors (Lipinski definition) is 6. The third-order valence-electron chi connectivity index (χ3n) is 6.72. The standard InChI is InChI=1S/C27H30N6O4/c1-5-27(2,3)28-26(35)25(21-11-8-14-31(21)4)33(18-12-13-22-23(15-18)37-17-36-22)24(34)16-32-20-10-7-6-9-19(20)29-30-32/h6-15,25H,5,16-17H2,1-4H3,(H,28,35)/t25-/m0/s1. The van der Waals surface area contributed by atoms with E-state index in [1.54, 1.807) is 22.9 Å². The highest BCUT2D eigenvalue weighted by Gasteiger charge is 2.37. The minimum absolute atomic E-state index is 0.101. The number of ether oxygens (including phenoxy) is 2. The lowest BCUT2D eigenvalue weighted by Crippen LogP contribution is -2.51. The Bertz CT molecular complexity index is 1460. The summed E-state index contributed by atoms with van der Waals surface area (Å²) in [6, 6.07) is 15.4. The van der Waals surface area contributed by atoms with Crippen LogP contribution in [0.1, 0.15) is 38.9 Å². The van der Waals surface area contributed by atoms with Gasteiger partial charge >= 0.3 is 0 Å². The van der Waals surface area contributed by atoms with E-state index < -0.39 is 11.6 Å². The van der Waals surface area contributed by atoms with E-state index in [-0.39, 0.29) is 25.2 Å². The lowest BCUT2D eigenvalue weighted by molar-refractivity contribution is -0.128. The summed E-state index contributed by atoms with van der Waals surface area (Å²) in [6.07, 6.45) is 2.58. The molecular formula is C27H30N6O4. The number of fused-ring (bicyclic) bond motifs is 2. The van der Waals surface area contributed by atoms with Crippen molar-refractivity contribution in [3.63, 3.8) is 0 Å². The van der Waals surface area contributed by atoms with E-state index in [0.717, 1.165) is 11.9 Å². The van der Waals surface area contributed by atoms with E-state index in [2.05, 4.69) is 15.6 Å². The zero-order chi connectivity index (χ0) is 26.2. The van der Waals surface area contributed by atoms with Crippen molar-refractivity contribution in [3.05, 3.63) is 66.5 Å². The Morgan fingerprint density at radius 3 is 2.65 bits per heavy atom. The molecule has 0 fully saturated rings. The number of carbonyl (C=O) groups excluding carboxylic acids is 2. The monoisotopic (exact) mass is 502 g/mol. The van der Waals surface area contributed by atoms with Crippen LogP contribution in [0.5, 0.6) is 11.5 Å². The van der Waals surface area contributed by atoms with Crippen molar-refractivity contribution >= 4 is 28.5 Å². The molecule has 2 aromatic carbocycles. The fourth-order valence-corrected chi connectivity index (χ4v) is 4.34. The van der Waals surface area contributed by atoms with Crippen LogP contribution < -0.4 is 19.7 Å². The zero-order valence-corrected chi connectivity index (χ0v) is 21.3. The molecule has 0 saturated carbocycles. The van der Waals surface area contributed by atoms with Gasteiger partial charge in [-0.2, -0.15) is 0 Å². The number of aromatic nitrogens is 4. The molecule has 0 unspecified atom stereocenters. The number of aryl methyl sites for hydroxylation is 1. The fourth-order valence-electron chi connectivity index (χ4n) is 4.34. The maximum absolute atomic E-state index is 14.1. The maximum Gasteiger partial charge on any atom is 0.249 e. The Labute approximate surface area is 214 Å². The van der Waals surface area contributed by atoms with Gasteiger partial charge in [0.1, 0.15) is 12.1 Å². The predicted octanol–water partition coefficient (Wildman–Crippen LogP) is 3.58. The smallest absolute Gasteiger partial charge is 0.249 e. The molecule has 192 valence electrons. The highest BCUT2D eigenvalue weighted by Crippen LogP contribution is 2.38. The van der Waals surface area contributed by atoms with Crippen molar-refractivity contribution in [2.45, 2.75) is 45.3 Å². The van der Waals surface area contributed by atoms with Gasteiger partial charge in [-0.1, -0.05) is 24.3 Å². The molecule has 1 N–H and O–H groups in total. The Kier molecular flexibility index (Phi) is 6.32. The minimum Gasteiger partial charge on any atom is -0.454 e. The van der Waals surface area contributed by atoms with Crippen molar-refractivity contribution in [1.82, 2.24) is 24.9 Å². The van der Waals surface area contributed by atoms with Crippen molar-refractivity contribution < 1.29 is 19.1 Å². The summed E-state index contributed by atoms with van der Waals surface area (Å²) in [4.78, 5) is 29.6. The van der Waals surface area contributed by atoms with E-state index in [1.807, 2.05) is 75.0 Å². The molecule has 1 atom stereocenters. The minimum atomic E-state index is -0.950. The lowest BCUT2D eigenvalue weighted by Gasteiger charge is -2.34. The molecule has 10 nitrogen and oxygen atoms in total. The Morgan fingerprint density at radius 2 is 1.89 bits per heavy atom. The van der Waals surface area contributed by atoms with Crippen LogP contribution in [-0.4, -0.2) is 43.7 Å². The van der Waals surface area contributed by atoms with E-state index in [9.17, 15) is 9.59 Å². The lowest BCUT2D eigenvalue weighted by atomic mass is 10.00. The quantitative estimate of drug-likeness (QED) is 0.395. The molecular weight excluding hydrogens is 472 g/mol. The normalized spacial score (nSPS) is 13.5. The molecule has 0 bridgehead atoms. The maximum atomic E-state index is 14.1. The summed E-state index contributed by atoms with van der Waals surface area (Å²) in [6.45, 7) is 5.92. The summed E-state index contributed by atoms with van der Waals surface area (Å²) >= 11 is 0. The van der Waals surface area contributed by atoms with E-state index in [4.69, 9.17) is 9.47 Å². The van der Waals surface area contributed by atoms with Crippen LogP contribution >= 0.6 is 0 Å². The first kappa shape index (κ1) is 24.4. The number of hydrogen-bond donors (Lipinski definition) is 1. The SMILES string of the molecule is CCC(C)(C)NC(=O)[C@H](c1cccn1C)N(C(=O)Cn1nnc2ccccc21)c1ccc2c(c1)OCO2. The van der Waals surface area contributed by atoms with Gasteiger partial charge in [0, 0.05) is 30.5 Å². The van der Waals surface area contributed by atoms with E-state index >= 15 is 0 Å². The molecule has 3 heterocycles. The highest BCUT2D eigenvalue weighted by molar-refractivity contribution is 6.01. The van der Waals surface area contributed by atoms with Crippen LogP contribution in [0.25, 0.3) is 11.0 Å². The van der Waals surface area contributed by atoms with Crippen LogP contribution in [0, 0.1) is 0 Å². The zero-order valence-electron chi connectivity index (χ0n) is 21.3. The molecule has 10 heteroatoms. The van der Waals surface area contributed by atoms with E-state index in [1.165, 1.54) is 4.90 Å². The molecule has 0 aliphatic carbocycles. The van der Waals surface area contributed by atoms with E-state index in [0.29, 0.717) is 28.4 Å².